The van der Waals surface area contributed by atoms with Crippen LogP contribution in [0.15, 0.2) is 71.9 Å². The number of hydrogen-bond acceptors (Lipinski definition) is 6. The Kier molecular flexibility index (Phi) is 7.71. The summed E-state index contributed by atoms with van der Waals surface area (Å²) in [4.78, 5) is 13.1. The molecule has 1 aromatic heterocycles. The Morgan fingerprint density at radius 2 is 1.64 bits per heavy atom. The maximum absolute atomic E-state index is 13.1. The van der Waals surface area contributed by atoms with Crippen LogP contribution in [0.3, 0.4) is 0 Å². The van der Waals surface area contributed by atoms with Gasteiger partial charge in [0.15, 0.2) is 16.8 Å². The van der Waals surface area contributed by atoms with Gasteiger partial charge in [0.25, 0.3) is 0 Å². The number of benzene rings is 3. The van der Waals surface area contributed by atoms with E-state index in [4.69, 9.17) is 21.1 Å². The van der Waals surface area contributed by atoms with Crippen LogP contribution in [0, 0.1) is 0 Å². The number of hydrogen-bond donors (Lipinski definition) is 0. The third-order valence-corrected chi connectivity index (χ3v) is 6.95. The van der Waals surface area contributed by atoms with Gasteiger partial charge in [-0.15, -0.1) is 10.2 Å². The Bertz CT molecular complexity index is 1360. The van der Waals surface area contributed by atoms with Crippen molar-refractivity contribution in [3.8, 4) is 28.6 Å². The van der Waals surface area contributed by atoms with Gasteiger partial charge >= 0.3 is 0 Å². The number of rotatable bonds is 8. The van der Waals surface area contributed by atoms with Crippen LogP contribution in [0.1, 0.15) is 36.7 Å². The molecule has 0 bridgehead atoms. The Morgan fingerprint density at radius 3 is 2.25 bits per heavy atom. The third kappa shape index (κ3) is 5.58. The minimum absolute atomic E-state index is 0.0466. The zero-order valence-corrected chi connectivity index (χ0v) is 22.5. The summed E-state index contributed by atoms with van der Waals surface area (Å²) < 4.78 is 12.6. The lowest BCUT2D eigenvalue weighted by Crippen LogP contribution is -2.10. The topological polar surface area (TPSA) is 66.2 Å². The zero-order chi connectivity index (χ0) is 25.9. The first kappa shape index (κ1) is 25.8. The molecule has 4 rings (SSSR count). The maximum Gasteiger partial charge on any atom is 0.196 e. The highest BCUT2D eigenvalue weighted by atomic mass is 35.5. The number of halogens is 1. The fourth-order valence-corrected chi connectivity index (χ4v) is 4.69. The van der Waals surface area contributed by atoms with Crippen molar-refractivity contribution in [2.24, 2.45) is 0 Å². The number of ketones is 1. The van der Waals surface area contributed by atoms with E-state index in [0.717, 1.165) is 11.3 Å². The number of methoxy groups -OCH3 is 2. The first-order chi connectivity index (χ1) is 17.2. The molecule has 0 aliphatic heterocycles. The van der Waals surface area contributed by atoms with Crippen molar-refractivity contribution in [1.29, 1.82) is 0 Å². The summed E-state index contributed by atoms with van der Waals surface area (Å²) in [5.41, 5.74) is 3.52. The highest BCUT2D eigenvalue weighted by molar-refractivity contribution is 7.99. The molecule has 0 saturated heterocycles. The van der Waals surface area contributed by atoms with Crippen molar-refractivity contribution in [2.75, 3.05) is 20.0 Å². The van der Waals surface area contributed by atoms with E-state index in [2.05, 4.69) is 55.2 Å². The summed E-state index contributed by atoms with van der Waals surface area (Å²) in [5, 5.41) is 10.2. The summed E-state index contributed by atoms with van der Waals surface area (Å²) in [5.74, 6) is 1.83. The van der Waals surface area contributed by atoms with Crippen LogP contribution in [0.25, 0.3) is 17.1 Å². The van der Waals surface area contributed by atoms with E-state index in [1.165, 1.54) is 17.3 Å². The molecular formula is C28H28ClN3O3S. The fourth-order valence-electron chi connectivity index (χ4n) is 3.73. The van der Waals surface area contributed by atoms with Crippen molar-refractivity contribution < 1.29 is 14.3 Å². The van der Waals surface area contributed by atoms with E-state index >= 15 is 0 Å². The first-order valence-electron chi connectivity index (χ1n) is 11.4. The molecule has 0 unspecified atom stereocenters. The molecule has 0 amide bonds. The van der Waals surface area contributed by atoms with Gasteiger partial charge in [-0.3, -0.25) is 9.36 Å². The average Bonchev–Trinajstić information content (AvgIpc) is 3.30. The van der Waals surface area contributed by atoms with E-state index in [-0.39, 0.29) is 17.0 Å². The minimum Gasteiger partial charge on any atom is -0.497 e. The molecule has 0 spiro atoms. The van der Waals surface area contributed by atoms with Gasteiger partial charge in [-0.1, -0.05) is 68.4 Å². The molecular weight excluding hydrogens is 494 g/mol. The predicted octanol–water partition coefficient (Wildman–Crippen LogP) is 6.88. The van der Waals surface area contributed by atoms with E-state index in [1.807, 2.05) is 28.8 Å². The summed E-state index contributed by atoms with van der Waals surface area (Å²) in [7, 11) is 3.11. The van der Waals surface area contributed by atoms with Gasteiger partial charge in [-0.25, -0.2) is 0 Å². The van der Waals surface area contributed by atoms with Gasteiger partial charge in [0.1, 0.15) is 11.5 Å². The van der Waals surface area contributed by atoms with Crippen LogP contribution < -0.4 is 9.47 Å². The predicted molar refractivity (Wildman–Crippen MR) is 145 cm³/mol. The molecule has 1 heterocycles. The lowest BCUT2D eigenvalue weighted by molar-refractivity contribution is 0.101. The van der Waals surface area contributed by atoms with Gasteiger partial charge in [-0.05, 0) is 53.4 Å². The number of carbonyl (C=O) groups excluding carboxylic acids is 1. The third-order valence-electron chi connectivity index (χ3n) is 5.77. The van der Waals surface area contributed by atoms with E-state index in [1.54, 1.807) is 32.4 Å². The number of thioether (sulfide) groups is 1. The summed E-state index contributed by atoms with van der Waals surface area (Å²) in [6.07, 6.45) is 0. The molecule has 0 fully saturated rings. The smallest absolute Gasteiger partial charge is 0.196 e. The molecule has 4 aromatic rings. The Balaban J connectivity index is 1.68. The standard InChI is InChI=1S/C28H28ClN3O3S/c1-28(2,3)19-8-6-18(7-9-19)26-30-31-27(32(26)21-12-10-20(29)11-13-21)36-17-24(33)23-16-22(34-4)14-15-25(23)35-5/h6-16H,17H2,1-5H3. The molecule has 0 N–H and O–H groups in total. The Morgan fingerprint density at radius 1 is 0.944 bits per heavy atom. The van der Waals surface area contributed by atoms with Crippen LogP contribution in [-0.4, -0.2) is 40.5 Å². The second-order valence-electron chi connectivity index (χ2n) is 9.22. The molecule has 0 aliphatic carbocycles. The van der Waals surface area contributed by atoms with Crippen molar-refractivity contribution in [1.82, 2.24) is 14.8 Å². The molecule has 36 heavy (non-hydrogen) atoms. The minimum atomic E-state index is -0.0995. The molecule has 0 atom stereocenters. The van der Waals surface area contributed by atoms with E-state index < -0.39 is 0 Å². The summed E-state index contributed by atoms with van der Waals surface area (Å²) in [6.45, 7) is 6.55. The maximum atomic E-state index is 13.1. The van der Waals surface area contributed by atoms with Crippen molar-refractivity contribution >= 4 is 29.1 Å². The lowest BCUT2D eigenvalue weighted by Gasteiger charge is -2.19. The molecule has 0 radical (unpaired) electrons. The van der Waals surface area contributed by atoms with Crippen LogP contribution in [-0.2, 0) is 5.41 Å². The quantitative estimate of drug-likeness (QED) is 0.186. The first-order valence-corrected chi connectivity index (χ1v) is 12.8. The molecule has 3 aromatic carbocycles. The fraction of sp³-hybridized carbons (Fsp3) is 0.250. The molecule has 0 aliphatic rings. The van der Waals surface area contributed by atoms with Crippen LogP contribution in [0.4, 0.5) is 0 Å². The Labute approximate surface area is 220 Å². The average molecular weight is 522 g/mol. The highest BCUT2D eigenvalue weighted by Gasteiger charge is 2.21. The number of aromatic nitrogens is 3. The van der Waals surface area contributed by atoms with Gasteiger partial charge < -0.3 is 9.47 Å². The van der Waals surface area contributed by atoms with E-state index in [0.29, 0.717) is 33.1 Å². The van der Waals surface area contributed by atoms with Crippen LogP contribution in [0.5, 0.6) is 11.5 Å². The molecule has 0 saturated carbocycles. The lowest BCUT2D eigenvalue weighted by atomic mass is 9.87. The Hall–Kier alpha value is -3.29. The van der Waals surface area contributed by atoms with Crippen LogP contribution >= 0.6 is 23.4 Å². The largest absolute Gasteiger partial charge is 0.497 e. The van der Waals surface area contributed by atoms with Gasteiger partial charge in [0.05, 0.1) is 25.5 Å². The normalized spacial score (nSPS) is 11.4. The SMILES string of the molecule is COc1ccc(OC)c(C(=O)CSc2nnc(-c3ccc(C(C)(C)C)cc3)n2-c2ccc(Cl)cc2)c1. The second kappa shape index (κ2) is 10.8. The zero-order valence-electron chi connectivity index (χ0n) is 20.9. The van der Waals surface area contributed by atoms with Crippen molar-refractivity contribution in [2.45, 2.75) is 31.3 Å². The van der Waals surface area contributed by atoms with E-state index in [9.17, 15) is 4.79 Å². The molecule has 186 valence electrons. The van der Waals surface area contributed by atoms with Gasteiger partial charge in [-0.2, -0.15) is 0 Å². The van der Waals surface area contributed by atoms with Crippen molar-refractivity contribution in [3.63, 3.8) is 0 Å². The monoisotopic (exact) mass is 521 g/mol. The molecule has 8 heteroatoms. The van der Waals surface area contributed by atoms with Crippen LogP contribution in [0.2, 0.25) is 5.02 Å². The number of nitrogens with zero attached hydrogens (tertiary/aromatic N) is 3. The van der Waals surface area contributed by atoms with Crippen molar-refractivity contribution in [3.05, 3.63) is 82.9 Å². The van der Waals surface area contributed by atoms with Gasteiger partial charge in [0.2, 0.25) is 0 Å². The number of Topliss-reactive ketones (excluding diaryl/α,β-unsaturated/α-hetero) is 1. The highest BCUT2D eigenvalue weighted by Crippen LogP contribution is 2.32. The van der Waals surface area contributed by atoms with Gasteiger partial charge in [0, 0.05) is 16.3 Å². The summed E-state index contributed by atoms with van der Waals surface area (Å²) in [6, 6.07) is 21.0. The number of carbonyl (C=O) groups is 1. The summed E-state index contributed by atoms with van der Waals surface area (Å²) >= 11 is 7.46. The number of ether oxygens (including phenoxy) is 2. The molecule has 6 nitrogen and oxygen atoms in total. The second-order valence-corrected chi connectivity index (χ2v) is 10.6.